The fraction of sp³-hybridized carbons (Fsp3) is 0.514. The van der Waals surface area contributed by atoms with Gasteiger partial charge < -0.3 is 25.6 Å². The van der Waals surface area contributed by atoms with E-state index in [9.17, 15) is 14.7 Å². The second kappa shape index (κ2) is 14.1. The van der Waals surface area contributed by atoms with Crippen molar-refractivity contribution in [3.05, 3.63) is 75.8 Å². The van der Waals surface area contributed by atoms with Crippen LogP contribution >= 0.6 is 0 Å². The third-order valence-corrected chi connectivity index (χ3v) is 9.60. The number of ether oxygens (including phenoxy) is 2. The lowest BCUT2D eigenvalue weighted by molar-refractivity contribution is -0.183. The number of carbonyl (C=O) groups is 3. The second-order valence-electron chi connectivity index (χ2n) is 14.6. The highest BCUT2D eigenvalue weighted by atomic mass is 16.7. The van der Waals surface area contributed by atoms with Crippen molar-refractivity contribution in [2.24, 2.45) is 11.1 Å². The maximum absolute atomic E-state index is 15.2. The fourth-order valence-corrected chi connectivity index (χ4v) is 5.76. The highest BCUT2D eigenvalue weighted by molar-refractivity contribution is 6.18. The number of nitrogens with two attached hydrogens (primary N) is 1. The van der Waals surface area contributed by atoms with Gasteiger partial charge in [-0.3, -0.25) is 19.0 Å². The van der Waals surface area contributed by atoms with Crippen LogP contribution in [0.3, 0.4) is 0 Å². The average Bonchev–Trinajstić information content (AvgIpc) is 3.05. The normalized spacial score (nSPS) is 14.8. The topological polar surface area (TPSA) is 176 Å². The first-order valence-electron chi connectivity index (χ1n) is 16.5. The molecular formula is C37H51N5O7. The molecule has 2 amide bonds. The van der Waals surface area contributed by atoms with E-state index in [1.165, 1.54) is 13.2 Å². The van der Waals surface area contributed by atoms with Gasteiger partial charge in [-0.25, -0.2) is 4.79 Å². The lowest BCUT2D eigenvalue weighted by Gasteiger charge is -2.42. The zero-order valence-electron chi connectivity index (χ0n) is 30.6. The molecule has 12 heteroatoms. The molecule has 0 spiro atoms. The summed E-state index contributed by atoms with van der Waals surface area (Å²) in [7, 11) is 1.31. The SMILES string of the molecule is CCC(OC)(Oc1cc(C(C(=O)Nc2ccccc2)(C(=O)C(C)(C)C)n2cc(O)nnc2=O)c(C(C)(C)CC)cc1C(C)(C)CC)C(N)=O. The monoisotopic (exact) mass is 677 g/mol. The molecule has 266 valence electrons. The van der Waals surface area contributed by atoms with Crippen molar-refractivity contribution in [3.8, 4) is 11.6 Å². The Balaban J connectivity index is 2.78. The molecule has 4 N–H and O–H groups in total. The van der Waals surface area contributed by atoms with Crippen molar-refractivity contribution in [1.29, 1.82) is 0 Å². The van der Waals surface area contributed by atoms with Crippen LogP contribution in [0.25, 0.3) is 0 Å². The molecule has 0 bridgehead atoms. The standard InChI is InChI=1S/C37H51N5O7/c1-12-34(7,8)24-20-26(35(9,10)13-2)27(49-36(14-3,48-11)30(38)45)21-25(24)37(29(44)33(4,5)6,42-22-28(43)40-41-32(42)47)31(46)39-23-18-16-15-17-19-23/h15-22,43H,12-14H2,1-11H3,(H2,38,45)(H,39,46). The molecule has 0 aliphatic rings. The number of hydrogen-bond acceptors (Lipinski definition) is 9. The molecule has 1 heterocycles. The first-order valence-corrected chi connectivity index (χ1v) is 16.5. The number of methoxy groups -OCH3 is 1. The highest BCUT2D eigenvalue weighted by Crippen LogP contribution is 2.47. The summed E-state index contributed by atoms with van der Waals surface area (Å²) in [5.41, 5.74) is 1.42. The van der Waals surface area contributed by atoms with Gasteiger partial charge in [0, 0.05) is 35.8 Å². The van der Waals surface area contributed by atoms with Gasteiger partial charge >= 0.3 is 5.69 Å². The Kier molecular flexibility index (Phi) is 11.2. The molecule has 1 aromatic heterocycles. The summed E-state index contributed by atoms with van der Waals surface area (Å²) < 4.78 is 12.9. The van der Waals surface area contributed by atoms with Crippen LogP contribution in [0, 0.1) is 5.41 Å². The number of amides is 2. The number of aromatic hydroxyl groups is 1. The van der Waals surface area contributed by atoms with Crippen LogP contribution in [0.1, 0.15) is 105 Å². The van der Waals surface area contributed by atoms with E-state index in [1.54, 1.807) is 58.0 Å². The highest BCUT2D eigenvalue weighted by Gasteiger charge is 2.56. The molecule has 2 unspecified atom stereocenters. The average molecular weight is 678 g/mol. The molecule has 0 saturated carbocycles. The molecule has 2 aromatic carbocycles. The minimum absolute atomic E-state index is 0.0323. The van der Waals surface area contributed by atoms with Crippen LogP contribution in [-0.2, 0) is 35.5 Å². The third-order valence-electron chi connectivity index (χ3n) is 9.60. The van der Waals surface area contributed by atoms with E-state index in [-0.39, 0.29) is 17.7 Å². The molecule has 0 aliphatic heterocycles. The molecule has 0 aliphatic carbocycles. The Hall–Kier alpha value is -4.58. The summed E-state index contributed by atoms with van der Waals surface area (Å²) in [6.45, 7) is 18.5. The van der Waals surface area contributed by atoms with E-state index in [1.807, 2.05) is 47.6 Å². The van der Waals surface area contributed by atoms with E-state index in [2.05, 4.69) is 15.5 Å². The summed E-state index contributed by atoms with van der Waals surface area (Å²) in [6, 6.07) is 11.9. The summed E-state index contributed by atoms with van der Waals surface area (Å²) >= 11 is 0. The molecule has 0 radical (unpaired) electrons. The Morgan fingerprint density at radius 1 is 0.857 bits per heavy atom. The summed E-state index contributed by atoms with van der Waals surface area (Å²) in [5, 5.41) is 20.6. The molecular weight excluding hydrogens is 626 g/mol. The Morgan fingerprint density at radius 3 is 1.92 bits per heavy atom. The number of aromatic nitrogens is 3. The molecule has 49 heavy (non-hydrogen) atoms. The Labute approximate surface area is 288 Å². The van der Waals surface area contributed by atoms with Gasteiger partial charge in [0.2, 0.25) is 11.4 Å². The number of anilines is 1. The van der Waals surface area contributed by atoms with E-state index in [0.29, 0.717) is 29.7 Å². The van der Waals surface area contributed by atoms with E-state index >= 15 is 9.59 Å². The largest absolute Gasteiger partial charge is 0.491 e. The van der Waals surface area contributed by atoms with E-state index in [0.717, 1.165) is 10.8 Å². The van der Waals surface area contributed by atoms with Gasteiger partial charge in [0.1, 0.15) is 5.75 Å². The van der Waals surface area contributed by atoms with Crippen molar-refractivity contribution in [3.63, 3.8) is 0 Å². The predicted molar refractivity (Wildman–Crippen MR) is 187 cm³/mol. The number of nitrogens with zero attached hydrogens (tertiary/aromatic N) is 3. The first-order chi connectivity index (χ1) is 22.7. The van der Waals surface area contributed by atoms with E-state index in [4.69, 9.17) is 15.2 Å². The van der Waals surface area contributed by atoms with E-state index < -0.39 is 56.7 Å². The zero-order chi connectivity index (χ0) is 37.2. The van der Waals surface area contributed by atoms with Gasteiger partial charge in [0.25, 0.3) is 17.6 Å². The Bertz CT molecular complexity index is 1750. The number of rotatable bonds is 14. The number of primary amides is 1. The quantitative estimate of drug-likeness (QED) is 0.150. The lowest BCUT2D eigenvalue weighted by atomic mass is 9.66. The number of para-hydroxylation sites is 1. The predicted octanol–water partition coefficient (Wildman–Crippen LogP) is 5.33. The van der Waals surface area contributed by atoms with Crippen LogP contribution in [-0.4, -0.2) is 50.4 Å². The number of nitrogens with one attached hydrogen (secondary N) is 1. The summed E-state index contributed by atoms with van der Waals surface area (Å²) in [4.78, 5) is 57.1. The molecule has 3 rings (SSSR count). The van der Waals surface area contributed by atoms with Gasteiger partial charge in [-0.1, -0.05) is 98.6 Å². The Morgan fingerprint density at radius 2 is 1.43 bits per heavy atom. The fourth-order valence-electron chi connectivity index (χ4n) is 5.76. The van der Waals surface area contributed by atoms with Gasteiger partial charge in [0.05, 0.1) is 6.20 Å². The van der Waals surface area contributed by atoms with Gasteiger partial charge in [-0.2, -0.15) is 0 Å². The van der Waals surface area contributed by atoms with Crippen molar-refractivity contribution in [1.82, 2.24) is 14.8 Å². The molecule has 0 fully saturated rings. The summed E-state index contributed by atoms with van der Waals surface area (Å²) in [5.74, 6) is -4.93. The van der Waals surface area contributed by atoms with Crippen LogP contribution in [0.4, 0.5) is 5.69 Å². The smallest absolute Gasteiger partial charge is 0.368 e. The third kappa shape index (κ3) is 7.24. The first kappa shape index (κ1) is 38.9. The molecule has 0 saturated heterocycles. The number of Topliss-reactive ketones (excluding diaryl/α,β-unsaturated/α-hetero) is 1. The maximum Gasteiger partial charge on any atom is 0.368 e. The van der Waals surface area contributed by atoms with Gasteiger partial charge in [-0.15, -0.1) is 5.10 Å². The minimum Gasteiger partial charge on any atom is -0.491 e. The number of hydrogen-bond donors (Lipinski definition) is 3. The van der Waals surface area contributed by atoms with Crippen LogP contribution in [0.2, 0.25) is 0 Å². The molecule has 2 atom stereocenters. The molecule has 12 nitrogen and oxygen atoms in total. The van der Waals surface area contributed by atoms with Crippen molar-refractivity contribution < 1.29 is 29.0 Å². The van der Waals surface area contributed by atoms with Gasteiger partial charge in [0.15, 0.2) is 5.78 Å². The van der Waals surface area contributed by atoms with Crippen LogP contribution in [0.15, 0.2) is 53.5 Å². The van der Waals surface area contributed by atoms with Crippen LogP contribution < -0.4 is 21.5 Å². The minimum atomic E-state index is -2.50. The van der Waals surface area contributed by atoms with Crippen molar-refractivity contribution >= 4 is 23.3 Å². The van der Waals surface area contributed by atoms with Crippen molar-refractivity contribution in [2.45, 2.75) is 111 Å². The summed E-state index contributed by atoms with van der Waals surface area (Å²) in [6.07, 6.45) is 2.16. The van der Waals surface area contributed by atoms with Gasteiger partial charge in [-0.05, 0) is 47.4 Å². The van der Waals surface area contributed by atoms with Crippen LogP contribution in [0.5, 0.6) is 11.6 Å². The van der Waals surface area contributed by atoms with Crippen molar-refractivity contribution in [2.75, 3.05) is 12.4 Å². The zero-order valence-corrected chi connectivity index (χ0v) is 30.6. The lowest BCUT2D eigenvalue weighted by Crippen LogP contribution is -2.60. The number of ketones is 1. The second-order valence-corrected chi connectivity index (χ2v) is 14.6. The maximum atomic E-state index is 15.2. The molecule has 3 aromatic rings. The number of benzene rings is 2. The number of carbonyl (C=O) groups excluding carboxylic acids is 3.